The van der Waals surface area contributed by atoms with Gasteiger partial charge in [-0.05, 0) is 76.2 Å². The summed E-state index contributed by atoms with van der Waals surface area (Å²) >= 11 is 0. The number of carbonyl (C=O) groups excluding carboxylic acids is 7. The fraction of sp³-hybridized carbons (Fsp3) is 0.605. The Balaban J connectivity index is 1.42. The Morgan fingerprint density at radius 3 is 2.27 bits per heavy atom. The second kappa shape index (κ2) is 17.6. The number of nitrogens with zero attached hydrogens (tertiary/aromatic N) is 2. The van der Waals surface area contributed by atoms with Crippen molar-refractivity contribution in [3.8, 4) is 0 Å². The van der Waals surface area contributed by atoms with Crippen molar-refractivity contribution in [1.82, 2.24) is 31.1 Å². The molecule has 1 saturated heterocycles. The van der Waals surface area contributed by atoms with Gasteiger partial charge >= 0.3 is 6.09 Å². The molecule has 1 heterocycles. The number of rotatable bonds is 15. The van der Waals surface area contributed by atoms with Crippen molar-refractivity contribution in [2.24, 2.45) is 17.8 Å². The Hall–Kier alpha value is -4.75. The molecule has 3 aliphatic rings. The second-order valence-corrected chi connectivity index (χ2v) is 15.2. The third-order valence-electron chi connectivity index (χ3n) is 9.81. The fourth-order valence-electron chi connectivity index (χ4n) is 7.11. The van der Waals surface area contributed by atoms with Crippen molar-refractivity contribution in [3.63, 3.8) is 0 Å². The van der Waals surface area contributed by atoms with E-state index in [1.165, 1.54) is 9.80 Å². The predicted molar refractivity (Wildman–Crippen MR) is 192 cm³/mol. The van der Waals surface area contributed by atoms with Crippen molar-refractivity contribution in [3.05, 3.63) is 48.6 Å². The quantitative estimate of drug-likeness (QED) is 0.157. The average Bonchev–Trinajstić information content (AvgIpc) is 3.77. The summed E-state index contributed by atoms with van der Waals surface area (Å²) in [6.45, 7) is 8.68. The van der Waals surface area contributed by atoms with Crippen LogP contribution in [0.3, 0.4) is 0 Å². The minimum absolute atomic E-state index is 0.0702. The van der Waals surface area contributed by atoms with E-state index in [0.717, 1.165) is 38.5 Å². The van der Waals surface area contributed by atoms with Crippen LogP contribution in [0.25, 0.3) is 0 Å². The zero-order valence-corrected chi connectivity index (χ0v) is 30.9. The number of likely N-dealkylation sites (N-methyl/N-ethyl adjacent to an activating group) is 1. The number of allylic oxidation sites excluding steroid dienone is 1. The lowest BCUT2D eigenvalue weighted by molar-refractivity contribution is -0.144. The second-order valence-electron chi connectivity index (χ2n) is 15.2. The largest absolute Gasteiger partial charge is 0.444 e. The molecule has 2 aliphatic carbocycles. The maximum absolute atomic E-state index is 14.2. The molecule has 4 rings (SSSR count). The zero-order valence-electron chi connectivity index (χ0n) is 30.9. The first-order valence-electron chi connectivity index (χ1n) is 18.2. The van der Waals surface area contributed by atoms with E-state index in [1.54, 1.807) is 71.3 Å². The molecule has 52 heavy (non-hydrogen) atoms. The standard InChI is InChI=1S/C38H54N6O8/c1-7-8-19-27(32(46)34(48)39-21-28(45)41-29(35(49)43(5)6)23-15-11-9-12-16-23)40-33(47)31-26-20-25(26)22-44(31)36(50)30(24-17-13-10-14-18-24)42-37(51)52-38(2,3)4/h7,9,11-12,15-16,24-27,29-31H,1,8,10,13-14,17-22H2,2-6H3,(H,39,48)(H,40,47)(H,41,45)(H,42,51)/t25-,26-,27?,29-,30-,31-/m0/s1. The summed E-state index contributed by atoms with van der Waals surface area (Å²) in [7, 11) is 3.12. The number of alkyl carbamates (subject to hydrolysis) is 1. The number of amides is 6. The van der Waals surface area contributed by atoms with E-state index in [2.05, 4.69) is 27.8 Å². The van der Waals surface area contributed by atoms with Crippen LogP contribution in [-0.4, -0.2) is 102 Å². The highest BCUT2D eigenvalue weighted by molar-refractivity contribution is 6.38. The number of benzene rings is 1. The Labute approximate surface area is 305 Å². The molecule has 284 valence electrons. The molecule has 14 heteroatoms. The summed E-state index contributed by atoms with van der Waals surface area (Å²) in [6.07, 6.45) is 6.40. The molecule has 3 fully saturated rings. The molecule has 6 atom stereocenters. The van der Waals surface area contributed by atoms with Crippen molar-refractivity contribution in [1.29, 1.82) is 0 Å². The lowest BCUT2D eigenvalue weighted by Gasteiger charge is -2.36. The van der Waals surface area contributed by atoms with E-state index in [1.807, 2.05) is 0 Å². The molecule has 1 aromatic rings. The molecular weight excluding hydrogens is 668 g/mol. The maximum atomic E-state index is 14.2. The number of carbonyl (C=O) groups is 7. The SMILES string of the molecule is C=CCCC(NC(=O)[C@@H]1[C@H]2C[C@H]2CN1C(=O)[C@@H](NC(=O)OC(C)(C)C)C1CCCCC1)C(=O)C(=O)NCC(=O)N[C@H](C(=O)N(C)C)c1ccccc1. The number of nitrogens with one attached hydrogen (secondary N) is 4. The van der Waals surface area contributed by atoms with Gasteiger partial charge in [0.15, 0.2) is 0 Å². The Kier molecular flexibility index (Phi) is 13.6. The van der Waals surface area contributed by atoms with Crippen molar-refractivity contribution in [2.75, 3.05) is 27.2 Å². The van der Waals surface area contributed by atoms with Gasteiger partial charge in [-0.3, -0.25) is 28.8 Å². The minimum atomic E-state index is -1.25. The van der Waals surface area contributed by atoms with Gasteiger partial charge < -0.3 is 35.8 Å². The van der Waals surface area contributed by atoms with Crippen LogP contribution in [-0.2, 0) is 33.5 Å². The Morgan fingerprint density at radius 2 is 1.65 bits per heavy atom. The van der Waals surface area contributed by atoms with Crippen LogP contribution in [0.4, 0.5) is 4.79 Å². The molecule has 1 aliphatic heterocycles. The summed E-state index contributed by atoms with van der Waals surface area (Å²) in [5.74, 6) is -4.11. The van der Waals surface area contributed by atoms with Gasteiger partial charge in [-0.1, -0.05) is 55.7 Å². The summed E-state index contributed by atoms with van der Waals surface area (Å²) in [6, 6.07) is 4.63. The van der Waals surface area contributed by atoms with E-state index in [0.29, 0.717) is 18.5 Å². The van der Waals surface area contributed by atoms with Crippen molar-refractivity contribution in [2.45, 2.75) is 102 Å². The minimum Gasteiger partial charge on any atom is -0.444 e. The molecule has 4 N–H and O–H groups in total. The van der Waals surface area contributed by atoms with Gasteiger partial charge in [0, 0.05) is 20.6 Å². The van der Waals surface area contributed by atoms with Gasteiger partial charge in [0.05, 0.1) is 12.6 Å². The summed E-state index contributed by atoms with van der Waals surface area (Å²) < 4.78 is 5.48. The number of hydrogen-bond donors (Lipinski definition) is 4. The smallest absolute Gasteiger partial charge is 0.408 e. The average molecular weight is 723 g/mol. The predicted octanol–water partition coefficient (Wildman–Crippen LogP) is 2.39. The number of ketones is 1. The summed E-state index contributed by atoms with van der Waals surface area (Å²) in [5, 5.41) is 10.5. The fourth-order valence-corrected chi connectivity index (χ4v) is 7.11. The number of hydrogen-bond acceptors (Lipinski definition) is 8. The lowest BCUT2D eigenvalue weighted by Crippen LogP contribution is -2.59. The highest BCUT2D eigenvalue weighted by atomic mass is 16.6. The molecule has 2 saturated carbocycles. The molecule has 0 aromatic heterocycles. The topological polar surface area (TPSA) is 183 Å². The van der Waals surface area contributed by atoms with Crippen molar-refractivity contribution >= 4 is 41.4 Å². The third-order valence-corrected chi connectivity index (χ3v) is 9.81. The van der Waals surface area contributed by atoms with Crippen LogP contribution >= 0.6 is 0 Å². The van der Waals surface area contributed by atoms with Crippen LogP contribution in [0, 0.1) is 17.8 Å². The van der Waals surface area contributed by atoms with E-state index in [4.69, 9.17) is 4.74 Å². The molecular formula is C38H54N6O8. The van der Waals surface area contributed by atoms with E-state index < -0.39 is 65.9 Å². The molecule has 0 radical (unpaired) electrons. The van der Waals surface area contributed by atoms with Gasteiger partial charge in [-0.2, -0.15) is 0 Å². The highest BCUT2D eigenvalue weighted by Crippen LogP contribution is 2.50. The van der Waals surface area contributed by atoms with Crippen LogP contribution < -0.4 is 21.3 Å². The monoisotopic (exact) mass is 722 g/mol. The van der Waals surface area contributed by atoms with Gasteiger partial charge in [-0.25, -0.2) is 4.79 Å². The maximum Gasteiger partial charge on any atom is 0.408 e. The van der Waals surface area contributed by atoms with E-state index in [9.17, 15) is 33.6 Å². The molecule has 1 aromatic carbocycles. The summed E-state index contributed by atoms with van der Waals surface area (Å²) in [4.78, 5) is 96.0. The molecule has 6 amide bonds. The van der Waals surface area contributed by atoms with E-state index >= 15 is 0 Å². The number of piperidine rings is 1. The molecule has 1 unspecified atom stereocenters. The first kappa shape index (κ1) is 40.0. The number of ether oxygens (including phenoxy) is 1. The molecule has 0 bridgehead atoms. The van der Waals surface area contributed by atoms with E-state index in [-0.39, 0.29) is 36.0 Å². The zero-order chi connectivity index (χ0) is 38.2. The summed E-state index contributed by atoms with van der Waals surface area (Å²) in [5.41, 5.74) is -0.215. The van der Waals surface area contributed by atoms with Gasteiger partial charge in [-0.15, -0.1) is 6.58 Å². The van der Waals surface area contributed by atoms with Crippen molar-refractivity contribution < 1.29 is 38.3 Å². The first-order chi connectivity index (χ1) is 24.6. The van der Waals surface area contributed by atoms with Crippen LogP contribution in [0.5, 0.6) is 0 Å². The highest BCUT2D eigenvalue weighted by Gasteiger charge is 2.58. The van der Waals surface area contributed by atoms with Gasteiger partial charge in [0.1, 0.15) is 23.7 Å². The van der Waals surface area contributed by atoms with Gasteiger partial charge in [0.2, 0.25) is 29.4 Å². The third kappa shape index (κ3) is 10.6. The molecule has 0 spiro atoms. The molecule has 14 nitrogen and oxygen atoms in total. The Morgan fingerprint density at radius 1 is 0.981 bits per heavy atom. The van der Waals surface area contributed by atoms with Gasteiger partial charge in [0.25, 0.3) is 5.91 Å². The number of Topliss-reactive ketones (excluding diaryl/α,β-unsaturated/α-hetero) is 1. The van der Waals surface area contributed by atoms with Crippen LogP contribution in [0.2, 0.25) is 0 Å². The number of fused-ring (bicyclic) bond motifs is 1. The first-order valence-corrected chi connectivity index (χ1v) is 18.2. The lowest BCUT2D eigenvalue weighted by atomic mass is 9.83. The Bertz CT molecular complexity index is 1500. The normalized spacial score (nSPS) is 21.3. The van der Waals surface area contributed by atoms with Crippen LogP contribution in [0.15, 0.2) is 43.0 Å². The number of likely N-dealkylation sites (tertiary alicyclic amines) is 1. The van der Waals surface area contributed by atoms with Crippen LogP contribution in [0.1, 0.15) is 83.7 Å².